The fraction of sp³-hybridized carbons (Fsp3) is 0.571. The first-order valence-electron chi connectivity index (χ1n) is 6.20. The number of nitrogens with one attached hydrogen (secondary N) is 1. The van der Waals surface area contributed by atoms with Gasteiger partial charge in [-0.2, -0.15) is 0 Å². The number of methoxy groups -OCH3 is 1. The van der Waals surface area contributed by atoms with Crippen molar-refractivity contribution in [2.24, 2.45) is 0 Å². The molecule has 94 valence electrons. The third-order valence-corrected chi connectivity index (χ3v) is 4.32. The van der Waals surface area contributed by atoms with Crippen molar-refractivity contribution in [3.63, 3.8) is 0 Å². The lowest BCUT2D eigenvalue weighted by Crippen LogP contribution is -2.27. The zero-order valence-corrected chi connectivity index (χ0v) is 11.7. The highest BCUT2D eigenvalue weighted by atomic mass is 32.2. The van der Waals surface area contributed by atoms with E-state index in [4.69, 9.17) is 4.74 Å². The molecule has 1 heterocycles. The van der Waals surface area contributed by atoms with Gasteiger partial charge in [-0.15, -0.1) is 11.8 Å². The minimum absolute atomic E-state index is 0.647. The highest BCUT2D eigenvalue weighted by molar-refractivity contribution is 7.98. The molecule has 17 heavy (non-hydrogen) atoms. The van der Waals surface area contributed by atoms with Gasteiger partial charge in [-0.05, 0) is 56.7 Å². The lowest BCUT2D eigenvalue weighted by molar-refractivity contribution is 0.385. The number of aryl methyl sites for hydroxylation is 1. The monoisotopic (exact) mass is 251 g/mol. The van der Waals surface area contributed by atoms with E-state index in [1.54, 1.807) is 7.11 Å². The van der Waals surface area contributed by atoms with E-state index >= 15 is 0 Å². The molecular weight excluding hydrogens is 230 g/mol. The Morgan fingerprint density at radius 3 is 2.59 bits per heavy atom. The Labute approximate surface area is 108 Å². The van der Waals surface area contributed by atoms with Crippen LogP contribution in [0.5, 0.6) is 5.75 Å². The maximum Gasteiger partial charge on any atom is 0.126 e. The van der Waals surface area contributed by atoms with Gasteiger partial charge in [-0.1, -0.05) is 6.07 Å². The van der Waals surface area contributed by atoms with E-state index in [9.17, 15) is 0 Å². The molecule has 1 aromatic rings. The first-order valence-corrected chi connectivity index (χ1v) is 7.42. The predicted molar refractivity (Wildman–Crippen MR) is 74.4 cm³/mol. The van der Waals surface area contributed by atoms with Crippen molar-refractivity contribution >= 4 is 11.8 Å². The van der Waals surface area contributed by atoms with Gasteiger partial charge in [0.05, 0.1) is 7.11 Å². The van der Waals surface area contributed by atoms with Gasteiger partial charge in [-0.25, -0.2) is 0 Å². The summed E-state index contributed by atoms with van der Waals surface area (Å²) in [5.74, 6) is 1.75. The maximum absolute atomic E-state index is 5.64. The van der Waals surface area contributed by atoms with Crippen LogP contribution in [0.15, 0.2) is 17.0 Å². The number of hydrogen-bond donors (Lipinski definition) is 1. The molecule has 0 radical (unpaired) electrons. The van der Waals surface area contributed by atoms with Crippen molar-refractivity contribution in [3.05, 3.63) is 23.3 Å². The average Bonchev–Trinajstić information content (AvgIpc) is 2.39. The average molecular weight is 251 g/mol. The van der Waals surface area contributed by atoms with E-state index in [0.717, 1.165) is 18.8 Å². The maximum atomic E-state index is 5.64. The Balaban J connectivity index is 2.43. The fourth-order valence-electron chi connectivity index (χ4n) is 2.64. The van der Waals surface area contributed by atoms with Crippen LogP contribution < -0.4 is 10.1 Å². The van der Waals surface area contributed by atoms with Gasteiger partial charge >= 0.3 is 0 Å². The number of benzene rings is 1. The number of ether oxygens (including phenoxy) is 1. The molecule has 1 fully saturated rings. The van der Waals surface area contributed by atoms with Gasteiger partial charge in [0.1, 0.15) is 5.75 Å². The molecule has 3 heteroatoms. The largest absolute Gasteiger partial charge is 0.496 e. The molecule has 2 rings (SSSR count). The van der Waals surface area contributed by atoms with Crippen LogP contribution in [0.4, 0.5) is 0 Å². The van der Waals surface area contributed by atoms with Gasteiger partial charge in [-0.3, -0.25) is 0 Å². The van der Waals surface area contributed by atoms with Gasteiger partial charge in [0.15, 0.2) is 0 Å². The van der Waals surface area contributed by atoms with Crippen LogP contribution in [-0.2, 0) is 0 Å². The number of rotatable bonds is 3. The zero-order valence-electron chi connectivity index (χ0n) is 10.9. The van der Waals surface area contributed by atoms with E-state index < -0.39 is 0 Å². The quantitative estimate of drug-likeness (QED) is 0.834. The normalized spacial score (nSPS) is 17.1. The van der Waals surface area contributed by atoms with E-state index in [1.165, 1.54) is 28.9 Å². The molecule has 1 aliphatic rings. The Morgan fingerprint density at radius 2 is 2.00 bits per heavy atom. The third kappa shape index (κ3) is 2.61. The molecule has 1 aromatic carbocycles. The smallest absolute Gasteiger partial charge is 0.126 e. The minimum atomic E-state index is 0.647. The Hall–Kier alpha value is -0.670. The van der Waals surface area contributed by atoms with Gasteiger partial charge < -0.3 is 10.1 Å². The molecule has 0 aromatic heterocycles. The van der Waals surface area contributed by atoms with E-state index in [-0.39, 0.29) is 0 Å². The summed E-state index contributed by atoms with van der Waals surface area (Å²) in [6.45, 7) is 4.37. The molecule has 0 atom stereocenters. The lowest BCUT2D eigenvalue weighted by atomic mass is 9.88. The van der Waals surface area contributed by atoms with Crippen LogP contribution in [-0.4, -0.2) is 26.5 Å². The molecule has 0 saturated carbocycles. The topological polar surface area (TPSA) is 21.3 Å². The summed E-state index contributed by atoms with van der Waals surface area (Å²) in [7, 11) is 1.79. The van der Waals surface area contributed by atoms with Crippen LogP contribution in [0.2, 0.25) is 0 Å². The molecular formula is C14H21NOS. The Kier molecular flexibility index (Phi) is 4.35. The lowest BCUT2D eigenvalue weighted by Gasteiger charge is -2.27. The summed E-state index contributed by atoms with van der Waals surface area (Å²) >= 11 is 1.83. The number of thioether (sulfide) groups is 1. The van der Waals surface area contributed by atoms with Crippen molar-refractivity contribution in [2.45, 2.75) is 30.6 Å². The van der Waals surface area contributed by atoms with Crippen molar-refractivity contribution in [1.29, 1.82) is 0 Å². The van der Waals surface area contributed by atoms with Gasteiger partial charge in [0.25, 0.3) is 0 Å². The zero-order chi connectivity index (χ0) is 12.3. The summed E-state index contributed by atoms with van der Waals surface area (Å²) in [5, 5.41) is 3.43. The highest BCUT2D eigenvalue weighted by Crippen LogP contribution is 2.40. The molecule has 0 amide bonds. The minimum Gasteiger partial charge on any atom is -0.496 e. The van der Waals surface area contributed by atoms with Crippen molar-refractivity contribution < 1.29 is 4.74 Å². The van der Waals surface area contributed by atoms with Crippen LogP contribution in [0, 0.1) is 6.92 Å². The second-order valence-corrected chi connectivity index (χ2v) is 5.40. The van der Waals surface area contributed by atoms with Gasteiger partial charge in [0.2, 0.25) is 0 Å². The molecule has 0 spiro atoms. The molecule has 0 bridgehead atoms. The number of piperidine rings is 1. The molecule has 0 aliphatic carbocycles. The van der Waals surface area contributed by atoms with Crippen molar-refractivity contribution in [3.8, 4) is 5.75 Å². The van der Waals surface area contributed by atoms with Gasteiger partial charge in [0, 0.05) is 10.5 Å². The van der Waals surface area contributed by atoms with E-state index in [2.05, 4.69) is 30.6 Å². The Morgan fingerprint density at radius 1 is 1.29 bits per heavy atom. The second kappa shape index (κ2) is 5.78. The van der Waals surface area contributed by atoms with Crippen LogP contribution >= 0.6 is 11.8 Å². The summed E-state index contributed by atoms with van der Waals surface area (Å²) in [5.41, 5.74) is 2.68. The molecule has 1 saturated heterocycles. The summed E-state index contributed by atoms with van der Waals surface area (Å²) < 4.78 is 5.64. The molecule has 1 aliphatic heterocycles. The first kappa shape index (κ1) is 12.8. The summed E-state index contributed by atoms with van der Waals surface area (Å²) in [4.78, 5) is 1.37. The highest BCUT2D eigenvalue weighted by Gasteiger charge is 2.22. The molecule has 0 unspecified atom stereocenters. The van der Waals surface area contributed by atoms with E-state index in [0.29, 0.717) is 5.92 Å². The third-order valence-electron chi connectivity index (χ3n) is 3.52. The second-order valence-electron chi connectivity index (χ2n) is 4.56. The standard InChI is InChI=1S/C14H21NOS/c1-10-4-5-12(17-3)13(14(10)16-2)11-6-8-15-9-7-11/h4-5,11,15H,6-9H2,1-3H3. The van der Waals surface area contributed by atoms with Crippen molar-refractivity contribution in [1.82, 2.24) is 5.32 Å². The molecule has 1 N–H and O–H groups in total. The fourth-order valence-corrected chi connectivity index (χ4v) is 3.32. The predicted octanol–water partition coefficient (Wildman–Crippen LogP) is 3.19. The molecule has 2 nitrogen and oxygen atoms in total. The van der Waals surface area contributed by atoms with E-state index in [1.807, 2.05) is 11.8 Å². The van der Waals surface area contributed by atoms with Crippen molar-refractivity contribution in [2.75, 3.05) is 26.5 Å². The first-order chi connectivity index (χ1) is 8.27. The summed E-state index contributed by atoms with van der Waals surface area (Å²) in [6, 6.07) is 4.40. The van der Waals surface area contributed by atoms with Crippen LogP contribution in [0.25, 0.3) is 0 Å². The summed E-state index contributed by atoms with van der Waals surface area (Å²) in [6.07, 6.45) is 4.58. The van der Waals surface area contributed by atoms with Crippen LogP contribution in [0.1, 0.15) is 29.9 Å². The number of hydrogen-bond acceptors (Lipinski definition) is 3. The Bertz CT molecular complexity index is 386. The van der Waals surface area contributed by atoms with Crippen LogP contribution in [0.3, 0.4) is 0 Å². The SMILES string of the molecule is COc1c(C)ccc(SC)c1C1CCNCC1.